The van der Waals surface area contributed by atoms with Crippen LogP contribution in [-0.2, 0) is 0 Å². The van der Waals surface area contributed by atoms with Gasteiger partial charge in [-0.25, -0.2) is 4.39 Å². The van der Waals surface area contributed by atoms with Crippen molar-refractivity contribution in [1.82, 2.24) is 5.32 Å². The van der Waals surface area contributed by atoms with Crippen LogP contribution in [0.4, 0.5) is 4.39 Å². The first-order chi connectivity index (χ1) is 8.72. The molecular formula is C15H24FNS. The predicted octanol–water partition coefficient (Wildman–Crippen LogP) is 4.48. The lowest BCUT2D eigenvalue weighted by Gasteiger charge is -2.13. The van der Waals surface area contributed by atoms with Crippen molar-refractivity contribution in [2.24, 2.45) is 0 Å². The summed E-state index contributed by atoms with van der Waals surface area (Å²) in [5.41, 5.74) is 0. The van der Waals surface area contributed by atoms with Gasteiger partial charge in [0.05, 0.1) is 0 Å². The minimum Gasteiger partial charge on any atom is -0.313 e. The second-order valence-corrected chi connectivity index (χ2v) is 5.83. The first-order valence-electron chi connectivity index (χ1n) is 6.84. The van der Waals surface area contributed by atoms with E-state index in [1.807, 2.05) is 6.07 Å². The molecule has 0 spiro atoms. The van der Waals surface area contributed by atoms with Crippen LogP contribution in [0.3, 0.4) is 0 Å². The van der Waals surface area contributed by atoms with Gasteiger partial charge < -0.3 is 5.32 Å². The number of nitrogens with one attached hydrogen (secondary N) is 1. The first kappa shape index (κ1) is 15.5. The predicted molar refractivity (Wildman–Crippen MR) is 78.7 cm³/mol. The summed E-state index contributed by atoms with van der Waals surface area (Å²) in [5.74, 6) is 0.836. The van der Waals surface area contributed by atoms with Crippen LogP contribution in [-0.4, -0.2) is 18.3 Å². The van der Waals surface area contributed by atoms with E-state index in [1.165, 1.54) is 31.7 Å². The number of rotatable bonds is 9. The van der Waals surface area contributed by atoms with E-state index in [-0.39, 0.29) is 5.82 Å². The summed E-state index contributed by atoms with van der Waals surface area (Å²) in [6.45, 7) is 5.45. The molecule has 1 nitrogen and oxygen atoms in total. The van der Waals surface area contributed by atoms with Crippen LogP contribution in [0.1, 0.15) is 39.5 Å². The smallest absolute Gasteiger partial charge is 0.124 e. The van der Waals surface area contributed by atoms with Gasteiger partial charge in [-0.1, -0.05) is 32.3 Å². The molecular weight excluding hydrogens is 245 g/mol. The zero-order valence-corrected chi connectivity index (χ0v) is 12.2. The average Bonchev–Trinajstić information content (AvgIpc) is 2.35. The fraction of sp³-hybridized carbons (Fsp3) is 0.600. The Labute approximate surface area is 115 Å². The van der Waals surface area contributed by atoms with Gasteiger partial charge in [0, 0.05) is 23.2 Å². The van der Waals surface area contributed by atoms with Gasteiger partial charge in [0.1, 0.15) is 5.82 Å². The van der Waals surface area contributed by atoms with Crippen molar-refractivity contribution < 1.29 is 4.39 Å². The van der Waals surface area contributed by atoms with E-state index in [1.54, 1.807) is 23.9 Å². The lowest BCUT2D eigenvalue weighted by molar-refractivity contribution is 0.502. The first-order valence-corrected chi connectivity index (χ1v) is 7.82. The third kappa shape index (κ3) is 7.02. The molecule has 0 aliphatic heterocycles. The van der Waals surface area contributed by atoms with Crippen LogP contribution in [0.5, 0.6) is 0 Å². The second kappa shape index (κ2) is 9.40. The molecule has 0 amide bonds. The maximum atomic E-state index is 12.9. The Morgan fingerprint density at radius 1 is 1.33 bits per heavy atom. The Morgan fingerprint density at radius 3 is 2.89 bits per heavy atom. The number of hydrogen-bond donors (Lipinski definition) is 1. The SMILES string of the molecule is CCCCCC(C)NCCSc1cccc(F)c1. The van der Waals surface area contributed by atoms with E-state index in [0.717, 1.165) is 17.2 Å². The van der Waals surface area contributed by atoms with E-state index >= 15 is 0 Å². The van der Waals surface area contributed by atoms with Gasteiger partial charge >= 0.3 is 0 Å². The molecule has 0 aromatic heterocycles. The molecule has 18 heavy (non-hydrogen) atoms. The highest BCUT2D eigenvalue weighted by Gasteiger charge is 2.01. The van der Waals surface area contributed by atoms with E-state index in [4.69, 9.17) is 0 Å². The molecule has 1 unspecified atom stereocenters. The maximum Gasteiger partial charge on any atom is 0.124 e. The molecule has 0 aliphatic rings. The van der Waals surface area contributed by atoms with Crippen LogP contribution in [0.2, 0.25) is 0 Å². The van der Waals surface area contributed by atoms with Crippen molar-refractivity contribution in [3.8, 4) is 0 Å². The van der Waals surface area contributed by atoms with Gasteiger partial charge in [0.2, 0.25) is 0 Å². The van der Waals surface area contributed by atoms with Crippen LogP contribution in [0.25, 0.3) is 0 Å². The Morgan fingerprint density at radius 2 is 2.17 bits per heavy atom. The molecule has 0 radical (unpaired) electrons. The fourth-order valence-electron chi connectivity index (χ4n) is 1.83. The summed E-state index contributed by atoms with van der Waals surface area (Å²) < 4.78 is 12.9. The Hall–Kier alpha value is -0.540. The molecule has 0 saturated carbocycles. The molecule has 1 N–H and O–H groups in total. The normalized spacial score (nSPS) is 12.6. The van der Waals surface area contributed by atoms with E-state index < -0.39 is 0 Å². The lowest BCUT2D eigenvalue weighted by atomic mass is 10.1. The van der Waals surface area contributed by atoms with E-state index in [0.29, 0.717) is 6.04 Å². The minimum absolute atomic E-state index is 0.152. The summed E-state index contributed by atoms with van der Waals surface area (Å²) in [4.78, 5) is 1.01. The van der Waals surface area contributed by atoms with Gasteiger partial charge in [-0.3, -0.25) is 0 Å². The molecule has 1 aromatic carbocycles. The summed E-state index contributed by atoms with van der Waals surface area (Å²) in [7, 11) is 0. The molecule has 0 heterocycles. The van der Waals surface area contributed by atoms with Gasteiger partial charge in [-0.05, 0) is 31.5 Å². The standard InChI is InChI=1S/C15H24FNS/c1-3-4-5-7-13(2)17-10-11-18-15-9-6-8-14(16)12-15/h6,8-9,12-13,17H,3-5,7,10-11H2,1-2H3. The Bertz CT molecular complexity index is 330. The van der Waals surface area contributed by atoms with Crippen molar-refractivity contribution in [1.29, 1.82) is 0 Å². The average molecular weight is 269 g/mol. The van der Waals surface area contributed by atoms with E-state index in [9.17, 15) is 4.39 Å². The molecule has 0 fully saturated rings. The lowest BCUT2D eigenvalue weighted by Crippen LogP contribution is -2.28. The highest BCUT2D eigenvalue weighted by atomic mass is 32.2. The maximum absolute atomic E-state index is 12.9. The summed E-state index contributed by atoms with van der Waals surface area (Å²) in [6, 6.07) is 7.38. The molecule has 102 valence electrons. The Balaban J connectivity index is 2.07. The number of benzene rings is 1. The second-order valence-electron chi connectivity index (χ2n) is 4.66. The Kier molecular flexibility index (Phi) is 8.10. The third-order valence-electron chi connectivity index (χ3n) is 2.90. The van der Waals surface area contributed by atoms with Crippen LogP contribution in [0.15, 0.2) is 29.2 Å². The van der Waals surface area contributed by atoms with Gasteiger partial charge in [0.25, 0.3) is 0 Å². The minimum atomic E-state index is -0.152. The monoisotopic (exact) mass is 269 g/mol. The van der Waals surface area contributed by atoms with Gasteiger partial charge in [0.15, 0.2) is 0 Å². The molecule has 3 heteroatoms. The molecule has 1 rings (SSSR count). The molecule has 1 aromatic rings. The molecule has 1 atom stereocenters. The molecule has 0 saturated heterocycles. The summed E-state index contributed by atoms with van der Waals surface area (Å²) in [5, 5.41) is 3.51. The number of halogens is 1. The quantitative estimate of drug-likeness (QED) is 0.524. The highest BCUT2D eigenvalue weighted by Crippen LogP contribution is 2.17. The molecule has 0 aliphatic carbocycles. The van der Waals surface area contributed by atoms with Crippen molar-refractivity contribution in [3.05, 3.63) is 30.1 Å². The summed E-state index contributed by atoms with van der Waals surface area (Å²) >= 11 is 1.70. The van der Waals surface area contributed by atoms with Crippen molar-refractivity contribution in [2.75, 3.05) is 12.3 Å². The van der Waals surface area contributed by atoms with Crippen molar-refractivity contribution in [2.45, 2.75) is 50.5 Å². The molecule has 0 bridgehead atoms. The largest absolute Gasteiger partial charge is 0.313 e. The third-order valence-corrected chi connectivity index (χ3v) is 3.90. The van der Waals surface area contributed by atoms with Crippen LogP contribution in [0, 0.1) is 5.82 Å². The van der Waals surface area contributed by atoms with Crippen molar-refractivity contribution >= 4 is 11.8 Å². The van der Waals surface area contributed by atoms with Crippen LogP contribution >= 0.6 is 11.8 Å². The van der Waals surface area contributed by atoms with Gasteiger partial charge in [-0.15, -0.1) is 11.8 Å². The van der Waals surface area contributed by atoms with Gasteiger partial charge in [-0.2, -0.15) is 0 Å². The topological polar surface area (TPSA) is 12.0 Å². The summed E-state index contributed by atoms with van der Waals surface area (Å²) in [6.07, 6.45) is 5.16. The zero-order chi connectivity index (χ0) is 13.2. The number of thioether (sulfide) groups is 1. The highest BCUT2D eigenvalue weighted by molar-refractivity contribution is 7.99. The van der Waals surface area contributed by atoms with Crippen LogP contribution < -0.4 is 5.32 Å². The van der Waals surface area contributed by atoms with Crippen molar-refractivity contribution in [3.63, 3.8) is 0 Å². The fourth-order valence-corrected chi connectivity index (χ4v) is 2.66. The van der Waals surface area contributed by atoms with E-state index in [2.05, 4.69) is 19.2 Å². The zero-order valence-electron chi connectivity index (χ0n) is 11.4. The number of unbranched alkanes of at least 4 members (excludes halogenated alkanes) is 2. The number of hydrogen-bond acceptors (Lipinski definition) is 2.